The zero-order valence-electron chi connectivity index (χ0n) is 17.0. The van der Waals surface area contributed by atoms with Gasteiger partial charge in [0.1, 0.15) is 6.54 Å². The first-order valence-corrected chi connectivity index (χ1v) is 12.1. The molecule has 3 aliphatic rings. The van der Waals surface area contributed by atoms with Crippen molar-refractivity contribution in [1.82, 2.24) is 14.7 Å². The Morgan fingerprint density at radius 2 is 1.72 bits per heavy atom. The summed E-state index contributed by atoms with van der Waals surface area (Å²) in [5.74, 6) is -2.34. The molecule has 3 fully saturated rings. The summed E-state index contributed by atoms with van der Waals surface area (Å²) in [5.41, 5.74) is 0. The predicted octanol–water partition coefficient (Wildman–Crippen LogP) is 0.782. The number of urea groups is 1. The molecule has 9 nitrogen and oxygen atoms in total. The number of amides is 5. The molecule has 1 saturated carbocycles. The summed E-state index contributed by atoms with van der Waals surface area (Å²) >= 11 is 0. The van der Waals surface area contributed by atoms with Crippen molar-refractivity contribution in [2.75, 3.05) is 24.6 Å². The van der Waals surface area contributed by atoms with Gasteiger partial charge in [0.15, 0.2) is 9.84 Å². The maximum atomic E-state index is 13.0. The third kappa shape index (κ3) is 4.62. The Bertz CT molecular complexity index is 803. The third-order valence-electron chi connectivity index (χ3n) is 5.85. The fourth-order valence-electron chi connectivity index (χ4n) is 4.42. The van der Waals surface area contributed by atoms with E-state index in [1.54, 1.807) is 0 Å². The Hall–Kier alpha value is -1.97. The second kappa shape index (κ2) is 8.41. The van der Waals surface area contributed by atoms with E-state index < -0.39 is 46.2 Å². The summed E-state index contributed by atoms with van der Waals surface area (Å²) in [6, 6.07) is -1.49. The van der Waals surface area contributed by atoms with Crippen molar-refractivity contribution in [3.63, 3.8) is 0 Å². The number of sulfone groups is 1. The van der Waals surface area contributed by atoms with Crippen LogP contribution in [-0.4, -0.2) is 83.5 Å². The van der Waals surface area contributed by atoms with Crippen LogP contribution in [0.2, 0.25) is 0 Å². The zero-order chi connectivity index (χ0) is 21.3. The molecule has 10 heteroatoms. The summed E-state index contributed by atoms with van der Waals surface area (Å²) in [6.45, 7) is 3.61. The van der Waals surface area contributed by atoms with Gasteiger partial charge in [-0.25, -0.2) is 18.1 Å². The van der Waals surface area contributed by atoms with Crippen LogP contribution >= 0.6 is 0 Å². The number of carbonyl (C=O) groups excluding carboxylic acids is 4. The Labute approximate surface area is 171 Å². The van der Waals surface area contributed by atoms with Gasteiger partial charge in [-0.15, -0.1) is 0 Å². The lowest BCUT2D eigenvalue weighted by molar-refractivity contribution is -0.146. The minimum absolute atomic E-state index is 0.0229. The van der Waals surface area contributed by atoms with Crippen LogP contribution in [0.25, 0.3) is 0 Å². The standard InChI is InChI=1S/C19H29N3O6S/c1-13(2)10-20(15-8-9-29(27,28)12-15)16(23)11-21-17(24)18(25)22(19(21)26)14-6-4-3-5-7-14/h13-15H,3-12H2,1-2H3. The van der Waals surface area contributed by atoms with Crippen LogP contribution < -0.4 is 0 Å². The van der Waals surface area contributed by atoms with Gasteiger partial charge in [0.25, 0.3) is 0 Å². The van der Waals surface area contributed by atoms with Gasteiger partial charge in [-0.05, 0) is 25.2 Å². The average Bonchev–Trinajstić information content (AvgIpc) is 3.12. The van der Waals surface area contributed by atoms with Crippen molar-refractivity contribution in [1.29, 1.82) is 0 Å². The van der Waals surface area contributed by atoms with Gasteiger partial charge >= 0.3 is 17.8 Å². The maximum Gasteiger partial charge on any atom is 0.334 e. The van der Waals surface area contributed by atoms with E-state index in [-0.39, 0.29) is 23.5 Å². The summed E-state index contributed by atoms with van der Waals surface area (Å²) in [7, 11) is -3.19. The van der Waals surface area contributed by atoms with Crippen LogP contribution in [0.15, 0.2) is 0 Å². The van der Waals surface area contributed by atoms with E-state index in [0.29, 0.717) is 25.8 Å². The predicted molar refractivity (Wildman–Crippen MR) is 104 cm³/mol. The molecular formula is C19H29N3O6S. The summed E-state index contributed by atoms with van der Waals surface area (Å²) < 4.78 is 23.7. The Morgan fingerprint density at radius 3 is 2.28 bits per heavy atom. The first-order valence-electron chi connectivity index (χ1n) is 10.3. The lowest BCUT2D eigenvalue weighted by atomic mass is 9.94. The van der Waals surface area contributed by atoms with Gasteiger partial charge in [0.2, 0.25) is 5.91 Å². The molecule has 29 heavy (non-hydrogen) atoms. The van der Waals surface area contributed by atoms with Crippen LogP contribution in [0.4, 0.5) is 4.79 Å². The molecule has 3 rings (SSSR count). The number of hydrogen-bond acceptors (Lipinski definition) is 6. The minimum atomic E-state index is -3.19. The lowest BCUT2D eigenvalue weighted by Gasteiger charge is -2.31. The molecular weight excluding hydrogens is 398 g/mol. The van der Waals surface area contributed by atoms with Gasteiger partial charge < -0.3 is 4.90 Å². The van der Waals surface area contributed by atoms with E-state index in [1.807, 2.05) is 13.8 Å². The second-order valence-electron chi connectivity index (χ2n) is 8.64. The monoisotopic (exact) mass is 427 g/mol. The topological polar surface area (TPSA) is 112 Å². The van der Waals surface area contributed by atoms with Crippen molar-refractivity contribution in [2.24, 2.45) is 5.92 Å². The number of hydrogen-bond donors (Lipinski definition) is 0. The minimum Gasteiger partial charge on any atom is -0.337 e. The number of carbonyl (C=O) groups is 4. The quantitative estimate of drug-likeness (QED) is 0.457. The Morgan fingerprint density at radius 1 is 1.07 bits per heavy atom. The van der Waals surface area contributed by atoms with Crippen molar-refractivity contribution >= 4 is 33.6 Å². The fourth-order valence-corrected chi connectivity index (χ4v) is 6.15. The van der Waals surface area contributed by atoms with E-state index in [9.17, 15) is 27.6 Å². The van der Waals surface area contributed by atoms with E-state index in [4.69, 9.17) is 0 Å². The zero-order valence-corrected chi connectivity index (χ0v) is 17.8. The Kier molecular flexibility index (Phi) is 6.30. The van der Waals surface area contributed by atoms with Gasteiger partial charge in [-0.1, -0.05) is 33.1 Å². The Balaban J connectivity index is 1.74. The van der Waals surface area contributed by atoms with Gasteiger partial charge in [0, 0.05) is 18.6 Å². The van der Waals surface area contributed by atoms with Crippen LogP contribution in [0.3, 0.4) is 0 Å². The van der Waals surface area contributed by atoms with Crippen LogP contribution in [0.1, 0.15) is 52.4 Å². The highest BCUT2D eigenvalue weighted by atomic mass is 32.2. The number of imide groups is 2. The SMILES string of the molecule is CC(C)CN(C(=O)CN1C(=O)C(=O)N(C2CCCCC2)C1=O)C1CCS(=O)(=O)C1. The summed E-state index contributed by atoms with van der Waals surface area (Å²) in [5, 5.41) is 0. The van der Waals surface area contributed by atoms with Crippen molar-refractivity contribution in [3.05, 3.63) is 0 Å². The molecule has 2 heterocycles. The van der Waals surface area contributed by atoms with Crippen LogP contribution in [0, 0.1) is 5.92 Å². The maximum absolute atomic E-state index is 13.0. The molecule has 0 aromatic carbocycles. The number of rotatable bonds is 6. The third-order valence-corrected chi connectivity index (χ3v) is 7.60. The molecule has 0 aromatic heterocycles. The molecule has 2 aliphatic heterocycles. The molecule has 1 atom stereocenters. The van der Waals surface area contributed by atoms with E-state index in [1.165, 1.54) is 4.90 Å². The highest BCUT2D eigenvalue weighted by molar-refractivity contribution is 7.91. The van der Waals surface area contributed by atoms with Crippen molar-refractivity contribution in [2.45, 2.75) is 64.5 Å². The first-order chi connectivity index (χ1) is 13.6. The molecule has 0 aromatic rings. The molecule has 1 unspecified atom stereocenters. The first kappa shape index (κ1) is 21.7. The van der Waals surface area contributed by atoms with Gasteiger partial charge in [-0.3, -0.25) is 19.3 Å². The average molecular weight is 428 g/mol. The van der Waals surface area contributed by atoms with Gasteiger partial charge in [0.05, 0.1) is 11.5 Å². The normalized spacial score (nSPS) is 25.3. The molecule has 0 bridgehead atoms. The largest absolute Gasteiger partial charge is 0.337 e. The van der Waals surface area contributed by atoms with Crippen molar-refractivity contribution in [3.8, 4) is 0 Å². The highest BCUT2D eigenvalue weighted by Gasteiger charge is 2.49. The summed E-state index contributed by atoms with van der Waals surface area (Å²) in [4.78, 5) is 53.8. The van der Waals surface area contributed by atoms with E-state index >= 15 is 0 Å². The van der Waals surface area contributed by atoms with Crippen molar-refractivity contribution < 1.29 is 27.6 Å². The second-order valence-corrected chi connectivity index (χ2v) is 10.9. The highest BCUT2D eigenvalue weighted by Crippen LogP contribution is 2.27. The van der Waals surface area contributed by atoms with Crippen LogP contribution in [-0.2, 0) is 24.2 Å². The molecule has 0 radical (unpaired) electrons. The molecule has 5 amide bonds. The summed E-state index contributed by atoms with van der Waals surface area (Å²) in [6.07, 6.45) is 4.52. The van der Waals surface area contributed by atoms with E-state index in [2.05, 4.69) is 0 Å². The van der Waals surface area contributed by atoms with Gasteiger partial charge in [-0.2, -0.15) is 0 Å². The smallest absolute Gasteiger partial charge is 0.334 e. The molecule has 0 N–H and O–H groups in total. The van der Waals surface area contributed by atoms with Crippen LogP contribution in [0.5, 0.6) is 0 Å². The molecule has 2 saturated heterocycles. The molecule has 0 spiro atoms. The van der Waals surface area contributed by atoms with E-state index in [0.717, 1.165) is 29.1 Å². The number of nitrogens with zero attached hydrogens (tertiary/aromatic N) is 3. The lowest BCUT2D eigenvalue weighted by Crippen LogP contribution is -2.49. The fraction of sp³-hybridized carbons (Fsp3) is 0.789. The molecule has 162 valence electrons. The molecule has 1 aliphatic carbocycles.